The van der Waals surface area contributed by atoms with Gasteiger partial charge in [0.2, 0.25) is 0 Å². The highest BCUT2D eigenvalue weighted by molar-refractivity contribution is 6.17. The van der Waals surface area contributed by atoms with Crippen LogP contribution in [0.15, 0.2) is 297 Å². The summed E-state index contributed by atoms with van der Waals surface area (Å²) >= 11 is 0. The number of para-hydroxylation sites is 4. The fourth-order valence-electron chi connectivity index (χ4n) is 12.1. The lowest BCUT2D eigenvalue weighted by atomic mass is 9.62. The van der Waals surface area contributed by atoms with Gasteiger partial charge in [0.15, 0.2) is 0 Å². The smallest absolute Gasteiger partial charge is 0.0743 e. The predicted molar refractivity (Wildman–Crippen MR) is 318 cm³/mol. The fourth-order valence-corrected chi connectivity index (χ4v) is 12.1. The molecule has 0 amide bonds. The molecule has 0 spiro atoms. The third kappa shape index (κ3) is 6.56. The van der Waals surface area contributed by atoms with Gasteiger partial charge in [-0.15, -0.1) is 0 Å². The van der Waals surface area contributed by atoms with E-state index in [2.05, 4.69) is 69.8 Å². The van der Waals surface area contributed by atoms with Gasteiger partial charge in [0.1, 0.15) is 0 Å². The van der Waals surface area contributed by atoms with Crippen LogP contribution < -0.4 is 4.90 Å². The highest BCUT2D eigenvalue weighted by Gasteiger charge is 2.46. The molecule has 15 rings (SSSR count). The summed E-state index contributed by atoms with van der Waals surface area (Å²) in [4.78, 5) is 1.82. The van der Waals surface area contributed by atoms with Crippen molar-refractivity contribution in [1.29, 1.82) is 0 Å². The topological polar surface area (TPSA) is 13.1 Å². The first-order valence-electron chi connectivity index (χ1n) is 32.5. The Morgan fingerprint density at radius 2 is 0.842 bits per heavy atom. The van der Waals surface area contributed by atoms with E-state index in [0.29, 0.717) is 22.5 Å². The Labute approximate surface area is 463 Å². The van der Waals surface area contributed by atoms with Crippen molar-refractivity contribution in [3.63, 3.8) is 0 Å². The molecule has 0 saturated heterocycles. The van der Waals surface area contributed by atoms with Crippen molar-refractivity contribution < 1.29 is 20.6 Å². The molecule has 356 valence electrons. The number of nitrogens with zero attached hydrogens (tertiary/aromatic N) is 3. The summed E-state index contributed by atoms with van der Waals surface area (Å²) < 4.78 is 138. The van der Waals surface area contributed by atoms with E-state index in [1.165, 1.54) is 0 Å². The van der Waals surface area contributed by atoms with Crippen LogP contribution >= 0.6 is 0 Å². The summed E-state index contributed by atoms with van der Waals surface area (Å²) in [7, 11) is 0. The number of hydrogen-bond donors (Lipinski definition) is 0. The molecule has 0 bridgehead atoms. The average molecular weight is 983 g/mol. The second kappa shape index (κ2) is 17.6. The minimum absolute atomic E-state index is 0.0229. The molecule has 3 heteroatoms. The van der Waals surface area contributed by atoms with Gasteiger partial charge in [-0.2, -0.15) is 0 Å². The van der Waals surface area contributed by atoms with Crippen LogP contribution in [0.25, 0.3) is 88.4 Å². The molecule has 2 aromatic heterocycles. The Balaban J connectivity index is 0.996. The summed E-state index contributed by atoms with van der Waals surface area (Å²) in [5, 5.41) is 3.48. The summed E-state index contributed by atoms with van der Waals surface area (Å²) in [6.45, 7) is 0. The largest absolute Gasteiger partial charge is 0.310 e. The summed E-state index contributed by atoms with van der Waals surface area (Å²) in [5.74, 6) is 0. The molecule has 0 radical (unpaired) electrons. The summed E-state index contributed by atoms with van der Waals surface area (Å²) in [6, 6.07) is 60.4. The van der Waals surface area contributed by atoms with E-state index in [4.69, 9.17) is 17.8 Å². The number of benzene rings is 12. The van der Waals surface area contributed by atoms with Gasteiger partial charge in [-0.3, -0.25) is 0 Å². The van der Waals surface area contributed by atoms with E-state index >= 15 is 0 Å². The van der Waals surface area contributed by atoms with Gasteiger partial charge in [-0.25, -0.2) is 0 Å². The van der Waals surface area contributed by atoms with E-state index in [1.807, 2.05) is 132 Å². The third-order valence-electron chi connectivity index (χ3n) is 15.0. The number of rotatable bonds is 8. The zero-order valence-electron chi connectivity index (χ0n) is 55.5. The molecule has 14 aromatic rings. The molecular formula is C73H49N3. The molecular weight excluding hydrogens is 919 g/mol. The molecule has 0 unspecified atom stereocenters. The van der Waals surface area contributed by atoms with Crippen LogP contribution in [0.5, 0.6) is 0 Å². The van der Waals surface area contributed by atoms with E-state index in [9.17, 15) is 2.74 Å². The first-order chi connectivity index (χ1) is 44.0. The monoisotopic (exact) mass is 982 g/mol. The number of hydrogen-bond acceptors (Lipinski definition) is 1. The number of fused-ring (bicyclic) bond motifs is 8. The van der Waals surface area contributed by atoms with Gasteiger partial charge in [-0.1, -0.05) is 224 Å². The Morgan fingerprint density at radius 3 is 1.53 bits per heavy atom. The van der Waals surface area contributed by atoms with Gasteiger partial charge in [0.25, 0.3) is 0 Å². The van der Waals surface area contributed by atoms with Crippen LogP contribution in [0.3, 0.4) is 0 Å². The van der Waals surface area contributed by atoms with Crippen LogP contribution in [0.4, 0.5) is 17.1 Å². The normalized spacial score (nSPS) is 15.6. The molecule has 1 aliphatic heterocycles. The Hall–Kier alpha value is -9.96. The van der Waals surface area contributed by atoms with Crippen LogP contribution in [0.1, 0.15) is 42.8 Å². The lowest BCUT2D eigenvalue weighted by molar-refractivity contribution is 0.730. The van der Waals surface area contributed by atoms with Crippen molar-refractivity contribution in [2.75, 3.05) is 4.90 Å². The van der Waals surface area contributed by atoms with Crippen molar-refractivity contribution in [2.24, 2.45) is 0 Å². The minimum atomic E-state index is -1.02. The fraction of sp³-hybridized carbons (Fsp3) is 0.0137. The molecule has 0 atom stereocenters. The molecule has 3 heterocycles. The Bertz CT molecular complexity index is 5230. The second-order valence-electron chi connectivity index (χ2n) is 18.8. The summed E-state index contributed by atoms with van der Waals surface area (Å²) in [6.07, 6.45) is 0. The summed E-state index contributed by atoms with van der Waals surface area (Å²) in [5.41, 5.74) is 9.84. The molecule has 0 aliphatic carbocycles. The van der Waals surface area contributed by atoms with Gasteiger partial charge < -0.3 is 14.0 Å². The first-order valence-corrected chi connectivity index (χ1v) is 25.0. The zero-order chi connectivity index (χ0) is 63.2. The quantitative estimate of drug-likeness (QED) is 0.148. The maximum absolute atomic E-state index is 9.42. The van der Waals surface area contributed by atoms with Gasteiger partial charge >= 0.3 is 0 Å². The van der Waals surface area contributed by atoms with E-state index < -0.39 is 84.0 Å². The third-order valence-corrected chi connectivity index (χ3v) is 15.0. The molecule has 1 aliphatic rings. The lowest BCUT2D eigenvalue weighted by Gasteiger charge is -2.46. The Kier molecular flexibility index (Phi) is 7.17. The average Bonchev–Trinajstić information content (AvgIpc) is 1.36. The van der Waals surface area contributed by atoms with E-state index in [-0.39, 0.29) is 40.0 Å². The van der Waals surface area contributed by atoms with Gasteiger partial charge in [-0.05, 0) is 128 Å². The SMILES string of the molecule is [2H]c1c([2H])c([2H])c(-c2cccc(-c3c([2H])c([2H])c([2H])c([2H])c3[2H])c2-c2ccc3c(c2)c2ccccc2n3-c2cccc3c2c2ccccc2n3-c2ccc3c(c2)C(c2ccccc2)(c2ccccc2)c2ccccc2N3c2c([2H])c([2H])c([2H])c([2H])c2[2H])c([2H])c1[2H]. The zero-order valence-corrected chi connectivity index (χ0v) is 40.5. The number of aromatic nitrogens is 2. The van der Waals surface area contributed by atoms with Crippen LogP contribution in [0.2, 0.25) is 0 Å². The van der Waals surface area contributed by atoms with Crippen molar-refractivity contribution in [1.82, 2.24) is 9.13 Å². The van der Waals surface area contributed by atoms with Crippen LogP contribution in [-0.4, -0.2) is 9.13 Å². The number of anilines is 3. The molecule has 3 nitrogen and oxygen atoms in total. The standard InChI is InChI=1S/C73H49N3/c1-6-24-50(25-7-1)57-36-22-37-58(51-26-8-2-9-27-51)71(57)52-44-46-66-61(48-52)59-34-16-19-39-64(59)76(66)70-43-23-42-69-72(70)60-35-17-20-40-65(60)75(69)56-45-47-68-63(49-56)73(53-28-10-3-11-29-53,54-30-12-4-13-31-54)62-38-18-21-41-67(62)74(68)55-32-14-5-15-33-55/h1-49H/i1D,2D,5D,6D,7D,8D,9D,14D,15D,24D,25D,26D,27D,32D,33D. The van der Waals surface area contributed by atoms with Gasteiger partial charge in [0, 0.05) is 32.9 Å². The van der Waals surface area contributed by atoms with E-state index in [1.54, 1.807) is 18.2 Å². The molecule has 0 fully saturated rings. The van der Waals surface area contributed by atoms with Crippen molar-refractivity contribution in [3.05, 3.63) is 319 Å². The maximum atomic E-state index is 9.42. The van der Waals surface area contributed by atoms with Crippen LogP contribution in [-0.2, 0) is 5.41 Å². The van der Waals surface area contributed by atoms with Gasteiger partial charge in [0.05, 0.1) is 65.1 Å². The predicted octanol–water partition coefficient (Wildman–Crippen LogP) is 19.0. The first kappa shape index (κ1) is 30.9. The maximum Gasteiger partial charge on any atom is 0.0743 e. The van der Waals surface area contributed by atoms with E-state index in [0.717, 1.165) is 77.2 Å². The molecule has 12 aromatic carbocycles. The van der Waals surface area contributed by atoms with Crippen molar-refractivity contribution in [2.45, 2.75) is 5.41 Å². The highest BCUT2D eigenvalue weighted by atomic mass is 15.2. The highest BCUT2D eigenvalue weighted by Crippen LogP contribution is 2.58. The minimum Gasteiger partial charge on any atom is -0.310 e. The molecule has 0 saturated carbocycles. The molecule has 0 N–H and O–H groups in total. The Morgan fingerprint density at radius 1 is 0.316 bits per heavy atom. The van der Waals surface area contributed by atoms with Crippen molar-refractivity contribution in [3.8, 4) is 44.8 Å². The van der Waals surface area contributed by atoms with Crippen molar-refractivity contribution >= 4 is 60.7 Å². The van der Waals surface area contributed by atoms with Crippen LogP contribution in [0, 0.1) is 0 Å². The lowest BCUT2D eigenvalue weighted by Crippen LogP contribution is -2.37. The second-order valence-corrected chi connectivity index (χ2v) is 18.8. The molecule has 76 heavy (non-hydrogen) atoms.